The average molecular weight is 243 g/mol. The molecule has 1 aromatic rings. The summed E-state index contributed by atoms with van der Waals surface area (Å²) in [5.74, 6) is 0.315. The Kier molecular flexibility index (Phi) is 2.63. The molecule has 0 saturated carbocycles. The lowest BCUT2D eigenvalue weighted by molar-refractivity contribution is -0.110. The van der Waals surface area contributed by atoms with E-state index < -0.39 is 0 Å². The normalized spacial score (nSPS) is 19.4. The van der Waals surface area contributed by atoms with Crippen LogP contribution in [-0.4, -0.2) is 17.4 Å². The van der Waals surface area contributed by atoms with Crippen molar-refractivity contribution in [2.75, 3.05) is 6.54 Å². The van der Waals surface area contributed by atoms with Gasteiger partial charge in [-0.3, -0.25) is 9.79 Å². The van der Waals surface area contributed by atoms with E-state index in [1.54, 1.807) is 0 Å². The molecule has 17 heavy (non-hydrogen) atoms. The lowest BCUT2D eigenvalue weighted by Gasteiger charge is -2.11. The largest absolute Gasteiger partial charge is 0.286 e. The summed E-state index contributed by atoms with van der Waals surface area (Å²) in [4.78, 5) is 16.9. The molecule has 86 valence electrons. The first-order valence-corrected chi connectivity index (χ1v) is 6.60. The Morgan fingerprint density at radius 3 is 3.06 bits per heavy atom. The van der Waals surface area contributed by atoms with Crippen LogP contribution in [-0.2, 0) is 11.2 Å². The van der Waals surface area contributed by atoms with Gasteiger partial charge in [0.2, 0.25) is 0 Å². The molecule has 1 unspecified atom stereocenters. The maximum atomic E-state index is 11.4. The summed E-state index contributed by atoms with van der Waals surface area (Å²) in [5, 5.41) is 0.253. The molecule has 2 nitrogen and oxygen atoms in total. The van der Waals surface area contributed by atoms with Crippen molar-refractivity contribution in [1.82, 2.24) is 0 Å². The van der Waals surface area contributed by atoms with Gasteiger partial charge in [0, 0.05) is 22.9 Å². The third-order valence-electron chi connectivity index (χ3n) is 3.26. The fraction of sp³-hybridized carbons (Fsp3) is 0.286. The predicted molar refractivity (Wildman–Crippen MR) is 70.9 cm³/mol. The summed E-state index contributed by atoms with van der Waals surface area (Å²) in [6.45, 7) is 2.97. The van der Waals surface area contributed by atoms with Gasteiger partial charge in [-0.05, 0) is 23.3 Å². The second kappa shape index (κ2) is 4.15. The first-order valence-electron chi connectivity index (χ1n) is 5.78. The molecule has 1 aromatic carbocycles. The zero-order valence-corrected chi connectivity index (χ0v) is 10.5. The molecule has 0 amide bonds. The van der Waals surface area contributed by atoms with Crippen molar-refractivity contribution in [2.45, 2.75) is 24.2 Å². The topological polar surface area (TPSA) is 29.4 Å². The van der Waals surface area contributed by atoms with Crippen molar-refractivity contribution in [3.05, 3.63) is 41.5 Å². The summed E-state index contributed by atoms with van der Waals surface area (Å²) in [7, 11) is 0. The van der Waals surface area contributed by atoms with Crippen molar-refractivity contribution in [3.8, 4) is 0 Å². The number of carbonyl (C=O) groups excluding carboxylic acids is 1. The molecule has 0 fully saturated rings. The van der Waals surface area contributed by atoms with Crippen LogP contribution in [0, 0.1) is 0 Å². The van der Waals surface area contributed by atoms with Crippen molar-refractivity contribution >= 4 is 22.6 Å². The van der Waals surface area contributed by atoms with Crippen LogP contribution in [0.4, 0.5) is 0 Å². The van der Waals surface area contributed by atoms with Crippen molar-refractivity contribution < 1.29 is 4.79 Å². The monoisotopic (exact) mass is 243 g/mol. The molecular weight excluding hydrogens is 230 g/mol. The number of fused-ring (bicyclic) bond motifs is 1. The van der Waals surface area contributed by atoms with Crippen LogP contribution >= 0.6 is 11.8 Å². The minimum absolute atomic E-state index is 0.253. The number of hydrogen-bond acceptors (Lipinski definition) is 3. The van der Waals surface area contributed by atoms with Gasteiger partial charge < -0.3 is 0 Å². The standard InChI is InChI=1S/C14H13NOS/c1-9(12-3-2-6-15-12)10-4-5-11-8-14(16)17-13(11)7-10/h2-5,7,9H,6,8H2,1H3. The van der Waals surface area contributed by atoms with Gasteiger partial charge in [-0.2, -0.15) is 0 Å². The van der Waals surface area contributed by atoms with E-state index in [9.17, 15) is 4.79 Å². The summed E-state index contributed by atoms with van der Waals surface area (Å²) >= 11 is 1.37. The highest BCUT2D eigenvalue weighted by atomic mass is 32.2. The molecule has 2 aliphatic heterocycles. The third kappa shape index (κ3) is 1.95. The van der Waals surface area contributed by atoms with Crippen LogP contribution in [0.25, 0.3) is 0 Å². The van der Waals surface area contributed by atoms with Gasteiger partial charge in [-0.15, -0.1) is 0 Å². The van der Waals surface area contributed by atoms with E-state index in [1.165, 1.54) is 22.9 Å². The molecule has 0 radical (unpaired) electrons. The van der Waals surface area contributed by atoms with E-state index in [4.69, 9.17) is 0 Å². The van der Waals surface area contributed by atoms with E-state index >= 15 is 0 Å². The zero-order valence-electron chi connectivity index (χ0n) is 9.64. The molecule has 0 aromatic heterocycles. The fourth-order valence-corrected chi connectivity index (χ4v) is 3.17. The zero-order chi connectivity index (χ0) is 11.8. The minimum Gasteiger partial charge on any atom is -0.286 e. The van der Waals surface area contributed by atoms with E-state index in [1.807, 2.05) is 0 Å². The molecule has 0 N–H and O–H groups in total. The number of hydrogen-bond donors (Lipinski definition) is 0. The highest BCUT2D eigenvalue weighted by molar-refractivity contribution is 8.14. The number of thioether (sulfide) groups is 1. The predicted octanol–water partition coefficient (Wildman–Crippen LogP) is 2.98. The Balaban J connectivity index is 1.92. The maximum absolute atomic E-state index is 11.4. The summed E-state index contributed by atoms with van der Waals surface area (Å²) in [5.41, 5.74) is 3.55. The molecule has 0 aliphatic carbocycles. The van der Waals surface area contributed by atoms with Crippen molar-refractivity contribution in [3.63, 3.8) is 0 Å². The fourth-order valence-electron chi connectivity index (χ4n) is 2.23. The first kappa shape index (κ1) is 10.8. The van der Waals surface area contributed by atoms with Gasteiger partial charge in [0.1, 0.15) is 0 Å². The molecule has 3 rings (SSSR count). The quantitative estimate of drug-likeness (QED) is 0.799. The number of aliphatic imine (C=N–C) groups is 1. The van der Waals surface area contributed by atoms with Gasteiger partial charge in [0.25, 0.3) is 0 Å². The smallest absolute Gasteiger partial charge is 0.198 e. The van der Waals surface area contributed by atoms with Crippen LogP contribution in [0.1, 0.15) is 24.0 Å². The van der Waals surface area contributed by atoms with Crippen LogP contribution in [0.3, 0.4) is 0 Å². The third-order valence-corrected chi connectivity index (χ3v) is 4.23. The van der Waals surface area contributed by atoms with E-state index in [-0.39, 0.29) is 5.12 Å². The Morgan fingerprint density at radius 1 is 1.41 bits per heavy atom. The number of carbonyl (C=O) groups is 1. The van der Waals surface area contributed by atoms with Crippen molar-refractivity contribution in [2.24, 2.45) is 4.99 Å². The van der Waals surface area contributed by atoms with E-state index in [0.29, 0.717) is 12.3 Å². The molecule has 1 atom stereocenters. The van der Waals surface area contributed by atoms with Gasteiger partial charge in [0.15, 0.2) is 5.12 Å². The van der Waals surface area contributed by atoms with Gasteiger partial charge in [-0.1, -0.05) is 36.9 Å². The summed E-state index contributed by atoms with van der Waals surface area (Å²) in [6, 6.07) is 6.35. The number of nitrogens with zero attached hydrogens (tertiary/aromatic N) is 1. The second-order valence-corrected chi connectivity index (χ2v) is 5.51. The molecule has 0 spiro atoms. The molecule has 0 bridgehead atoms. The van der Waals surface area contributed by atoms with Crippen LogP contribution in [0.2, 0.25) is 0 Å². The van der Waals surface area contributed by atoms with Crippen molar-refractivity contribution in [1.29, 1.82) is 0 Å². The summed E-state index contributed by atoms with van der Waals surface area (Å²) < 4.78 is 0. The second-order valence-electron chi connectivity index (χ2n) is 4.41. The Morgan fingerprint density at radius 2 is 2.29 bits per heavy atom. The molecule has 2 heterocycles. The molecule has 0 saturated heterocycles. The van der Waals surface area contributed by atoms with Gasteiger partial charge in [-0.25, -0.2) is 0 Å². The number of rotatable bonds is 2. The van der Waals surface area contributed by atoms with Crippen LogP contribution in [0.15, 0.2) is 40.2 Å². The lowest BCUT2D eigenvalue weighted by Crippen LogP contribution is -2.05. The molecule has 3 heteroatoms. The highest BCUT2D eigenvalue weighted by Gasteiger charge is 2.21. The van der Waals surface area contributed by atoms with E-state index in [0.717, 1.165) is 17.2 Å². The molecule has 2 aliphatic rings. The Hall–Kier alpha value is -1.35. The minimum atomic E-state index is 0.253. The van der Waals surface area contributed by atoms with Crippen LogP contribution in [0.5, 0.6) is 0 Å². The average Bonchev–Trinajstić information content (AvgIpc) is 2.94. The van der Waals surface area contributed by atoms with Gasteiger partial charge in [0.05, 0.1) is 6.54 Å². The number of benzene rings is 1. The Bertz CT molecular complexity index is 545. The molecular formula is C14H13NOS. The van der Waals surface area contributed by atoms with E-state index in [2.05, 4.69) is 42.3 Å². The summed E-state index contributed by atoms with van der Waals surface area (Å²) in [6.07, 6.45) is 4.75. The lowest BCUT2D eigenvalue weighted by atomic mass is 9.95. The van der Waals surface area contributed by atoms with Gasteiger partial charge >= 0.3 is 0 Å². The first-order chi connectivity index (χ1) is 8.24. The van der Waals surface area contributed by atoms with Crippen LogP contribution < -0.4 is 0 Å². The number of allylic oxidation sites excluding steroid dienone is 1. The Labute approximate surface area is 105 Å². The highest BCUT2D eigenvalue weighted by Crippen LogP contribution is 2.35. The maximum Gasteiger partial charge on any atom is 0.198 e. The SMILES string of the molecule is CC(C1=NCC=C1)c1ccc2c(c1)SC(=O)C2.